The Hall–Kier alpha value is -1.94. The lowest BCUT2D eigenvalue weighted by Gasteiger charge is -2.21. The summed E-state index contributed by atoms with van der Waals surface area (Å²) in [5.41, 5.74) is 0. The van der Waals surface area contributed by atoms with E-state index in [1.54, 1.807) is 0 Å². The highest BCUT2D eigenvalue weighted by molar-refractivity contribution is 7.47. The van der Waals surface area contributed by atoms with Crippen LogP contribution < -0.4 is 0 Å². The largest absolute Gasteiger partial charge is 0.472 e. The fourth-order valence-corrected chi connectivity index (χ4v) is 11.8. The summed E-state index contributed by atoms with van der Waals surface area (Å²) in [7, 11) is -9.89. The van der Waals surface area contributed by atoms with Crippen LogP contribution in [0.4, 0.5) is 0 Å². The molecule has 0 aromatic heterocycles. The molecule has 0 aliphatic rings. The van der Waals surface area contributed by atoms with Crippen LogP contribution in [-0.2, 0) is 65.4 Å². The molecule has 0 aromatic rings. The van der Waals surface area contributed by atoms with Gasteiger partial charge in [-0.2, -0.15) is 0 Å². The van der Waals surface area contributed by atoms with Gasteiger partial charge in [0.15, 0.2) is 12.2 Å². The lowest BCUT2D eigenvalue weighted by atomic mass is 10.0. The SMILES string of the molecule is CCCCCCCCCCCCCCC(=O)OC[C@H](COP(=O)(O)OC[C@@H](O)COP(=O)(O)OC[C@@H](COC(=O)CCCCCCCCC)OC(=O)CCCCCCCCC(C)C)OC(=O)CCCCCCCCCCCCCCCCCCC(C)C. The number of esters is 4. The van der Waals surface area contributed by atoms with Gasteiger partial charge in [-0.15, -0.1) is 0 Å². The maximum Gasteiger partial charge on any atom is 0.472 e. The minimum atomic E-state index is -4.95. The zero-order valence-electron chi connectivity index (χ0n) is 56.3. The summed E-state index contributed by atoms with van der Waals surface area (Å²) < 4.78 is 68.0. The van der Waals surface area contributed by atoms with Gasteiger partial charge < -0.3 is 33.8 Å². The first-order valence-electron chi connectivity index (χ1n) is 35.5. The summed E-state index contributed by atoms with van der Waals surface area (Å²) in [4.78, 5) is 72.2. The van der Waals surface area contributed by atoms with Gasteiger partial charge in [0.05, 0.1) is 26.4 Å². The second-order valence-electron chi connectivity index (χ2n) is 25.5. The van der Waals surface area contributed by atoms with Gasteiger partial charge in [0, 0.05) is 25.7 Å². The number of ether oxygens (including phenoxy) is 4. The van der Waals surface area contributed by atoms with Gasteiger partial charge in [-0.05, 0) is 37.5 Å². The molecule has 19 heteroatoms. The van der Waals surface area contributed by atoms with Gasteiger partial charge >= 0.3 is 39.5 Å². The quantitative estimate of drug-likeness (QED) is 0.0222. The lowest BCUT2D eigenvalue weighted by Crippen LogP contribution is -2.30. The van der Waals surface area contributed by atoms with Gasteiger partial charge in [0.1, 0.15) is 19.3 Å². The normalized spacial score (nSPS) is 14.2. The van der Waals surface area contributed by atoms with Gasteiger partial charge in [-0.25, -0.2) is 9.13 Å². The van der Waals surface area contributed by atoms with Crippen LogP contribution in [0, 0.1) is 11.8 Å². The summed E-state index contributed by atoms with van der Waals surface area (Å²) in [6.07, 6.45) is 44.8. The first-order valence-corrected chi connectivity index (χ1v) is 38.5. The highest BCUT2D eigenvalue weighted by atomic mass is 31.2. The van der Waals surface area contributed by atoms with Gasteiger partial charge in [-0.3, -0.25) is 37.3 Å². The van der Waals surface area contributed by atoms with Crippen LogP contribution in [0.3, 0.4) is 0 Å². The molecule has 17 nitrogen and oxygen atoms in total. The minimum absolute atomic E-state index is 0.102. The predicted octanol–water partition coefficient (Wildman–Crippen LogP) is 19.2. The number of unbranched alkanes of at least 4 members (excludes halogenated alkanes) is 37. The zero-order chi connectivity index (χ0) is 64.3. The van der Waals surface area contributed by atoms with Crippen LogP contribution in [0.1, 0.15) is 343 Å². The second-order valence-corrected chi connectivity index (χ2v) is 28.4. The molecule has 0 amide bonds. The number of carbonyl (C=O) groups excluding carboxylic acids is 4. The van der Waals surface area contributed by atoms with E-state index in [0.717, 1.165) is 109 Å². The number of carbonyl (C=O) groups is 4. The standard InChI is InChI=1S/C68H132O17P2/c1-7-9-11-13-15-16-17-25-28-32-39-45-51-66(71)79-57-63(84-67(72)52-46-40-33-29-26-23-21-19-18-20-22-24-27-31-36-42-48-60(3)4)58-82-86(74,75)80-54-62(69)55-81-87(76,77)83-59-64(56-78-65(70)50-44-38-30-14-12-10-8-2)85-68(73)53-47-41-35-34-37-43-49-61(5)6/h60-64,69H,7-59H2,1-6H3,(H,74,75)(H,76,77)/t62-,63-,64-/m1/s1. The van der Waals surface area contributed by atoms with E-state index in [2.05, 4.69) is 41.5 Å². The number of aliphatic hydroxyl groups is 1. The van der Waals surface area contributed by atoms with Crippen LogP contribution in [0.2, 0.25) is 0 Å². The smallest absolute Gasteiger partial charge is 0.462 e. The topological polar surface area (TPSA) is 237 Å². The third kappa shape index (κ3) is 62.6. The highest BCUT2D eigenvalue weighted by Gasteiger charge is 2.30. The average molecular weight is 1280 g/mol. The predicted molar refractivity (Wildman–Crippen MR) is 349 cm³/mol. The molecule has 0 saturated carbocycles. The number of phosphoric acid groups is 2. The van der Waals surface area contributed by atoms with E-state index < -0.39 is 97.5 Å². The Kier molecular flexibility index (Phi) is 59.0. The van der Waals surface area contributed by atoms with E-state index >= 15 is 0 Å². The first kappa shape index (κ1) is 85.1. The van der Waals surface area contributed by atoms with Crippen molar-refractivity contribution in [1.29, 1.82) is 0 Å². The number of hydrogen-bond acceptors (Lipinski definition) is 15. The van der Waals surface area contributed by atoms with Crippen molar-refractivity contribution in [3.63, 3.8) is 0 Å². The number of rotatable bonds is 67. The Balaban J connectivity index is 5.16. The summed E-state index contributed by atoms with van der Waals surface area (Å²) >= 11 is 0. The number of phosphoric ester groups is 2. The molecule has 87 heavy (non-hydrogen) atoms. The molecule has 0 aliphatic carbocycles. The third-order valence-electron chi connectivity index (χ3n) is 15.7. The van der Waals surface area contributed by atoms with Crippen molar-refractivity contribution in [3.8, 4) is 0 Å². The monoisotopic (exact) mass is 1280 g/mol. The first-order chi connectivity index (χ1) is 41.9. The molecular weight excluding hydrogens is 1150 g/mol. The minimum Gasteiger partial charge on any atom is -0.462 e. The Morgan fingerprint density at radius 2 is 0.529 bits per heavy atom. The summed E-state index contributed by atoms with van der Waals surface area (Å²) in [5, 5.41) is 10.5. The molecule has 0 aromatic carbocycles. The number of hydrogen-bond donors (Lipinski definition) is 3. The van der Waals surface area contributed by atoms with E-state index in [-0.39, 0.29) is 25.7 Å². The van der Waals surface area contributed by atoms with Crippen LogP contribution in [0.25, 0.3) is 0 Å². The van der Waals surface area contributed by atoms with Crippen LogP contribution >= 0.6 is 15.6 Å². The fourth-order valence-electron chi connectivity index (χ4n) is 10.2. The molecule has 0 spiro atoms. The molecule has 0 saturated heterocycles. The summed E-state index contributed by atoms with van der Waals surface area (Å²) in [5.74, 6) is -0.656. The molecule has 0 radical (unpaired) electrons. The van der Waals surface area contributed by atoms with Crippen molar-refractivity contribution in [2.75, 3.05) is 39.6 Å². The van der Waals surface area contributed by atoms with Crippen molar-refractivity contribution in [1.82, 2.24) is 0 Å². The molecule has 2 unspecified atom stereocenters. The van der Waals surface area contributed by atoms with E-state index in [9.17, 15) is 43.2 Å². The van der Waals surface area contributed by atoms with Crippen LogP contribution in [-0.4, -0.2) is 96.7 Å². The Morgan fingerprint density at radius 3 is 0.782 bits per heavy atom. The Bertz CT molecular complexity index is 1700. The van der Waals surface area contributed by atoms with E-state index in [1.165, 1.54) is 148 Å². The van der Waals surface area contributed by atoms with Crippen molar-refractivity contribution in [2.24, 2.45) is 11.8 Å². The Morgan fingerprint density at radius 1 is 0.310 bits per heavy atom. The molecule has 0 rings (SSSR count). The molecule has 3 N–H and O–H groups in total. The van der Waals surface area contributed by atoms with E-state index in [0.29, 0.717) is 31.6 Å². The zero-order valence-corrected chi connectivity index (χ0v) is 58.1. The van der Waals surface area contributed by atoms with Gasteiger partial charge in [0.25, 0.3) is 0 Å². The van der Waals surface area contributed by atoms with Crippen molar-refractivity contribution in [2.45, 2.75) is 362 Å². The number of aliphatic hydroxyl groups excluding tert-OH is 1. The van der Waals surface area contributed by atoms with E-state index in [4.69, 9.17) is 37.0 Å². The maximum absolute atomic E-state index is 13.0. The van der Waals surface area contributed by atoms with E-state index in [1.807, 2.05) is 0 Å². The summed E-state index contributed by atoms with van der Waals surface area (Å²) in [6.45, 7) is 9.42. The fraction of sp³-hybridized carbons (Fsp3) is 0.941. The molecular formula is C68H132O17P2. The molecule has 516 valence electrons. The molecule has 0 fully saturated rings. The third-order valence-corrected chi connectivity index (χ3v) is 17.6. The van der Waals surface area contributed by atoms with Crippen molar-refractivity contribution < 1.29 is 80.2 Å². The second kappa shape index (κ2) is 60.3. The molecule has 0 aliphatic heterocycles. The highest BCUT2D eigenvalue weighted by Crippen LogP contribution is 2.45. The Labute approximate surface area is 530 Å². The van der Waals surface area contributed by atoms with Crippen LogP contribution in [0.5, 0.6) is 0 Å². The average Bonchev–Trinajstić information content (AvgIpc) is 3.53. The van der Waals surface area contributed by atoms with Crippen molar-refractivity contribution >= 4 is 39.5 Å². The molecule has 0 heterocycles. The van der Waals surface area contributed by atoms with Crippen LogP contribution in [0.15, 0.2) is 0 Å². The summed E-state index contributed by atoms with van der Waals surface area (Å²) in [6, 6.07) is 0. The molecule has 5 atom stereocenters. The lowest BCUT2D eigenvalue weighted by molar-refractivity contribution is -0.161. The van der Waals surface area contributed by atoms with Gasteiger partial charge in [-0.1, -0.05) is 292 Å². The van der Waals surface area contributed by atoms with Crippen molar-refractivity contribution in [3.05, 3.63) is 0 Å². The van der Waals surface area contributed by atoms with Gasteiger partial charge in [0.2, 0.25) is 0 Å². The molecule has 0 bridgehead atoms. The maximum atomic E-state index is 13.0.